The molecule has 0 heterocycles. The van der Waals surface area contributed by atoms with Gasteiger partial charge in [-0.05, 0) is 12.1 Å². The van der Waals surface area contributed by atoms with E-state index in [0.29, 0.717) is 5.75 Å². The van der Waals surface area contributed by atoms with Crippen molar-refractivity contribution in [2.45, 2.75) is 0 Å². The number of phenolic OH excluding ortho intramolecular Hbond substituents is 1. The summed E-state index contributed by atoms with van der Waals surface area (Å²) in [5, 5.41) is 8.99. The molecule has 0 spiro atoms. The minimum atomic E-state index is 0. The number of aromatic hydroxyl groups is 1. The quantitative estimate of drug-likeness (QED) is 0.660. The van der Waals surface area contributed by atoms with Gasteiger partial charge in [-0.1, -0.05) is 12.1 Å². The Bertz CT molecular complexity index is 201. The van der Waals surface area contributed by atoms with Crippen molar-refractivity contribution in [2.75, 3.05) is 7.11 Å². The maximum Gasteiger partial charge on any atom is 0.160 e. The summed E-state index contributed by atoms with van der Waals surface area (Å²) in [4.78, 5) is 0. The van der Waals surface area contributed by atoms with Crippen LogP contribution < -0.4 is 4.74 Å². The number of hydrogen-bond donors (Lipinski definition) is 1. The van der Waals surface area contributed by atoms with Gasteiger partial charge in [0.2, 0.25) is 0 Å². The van der Waals surface area contributed by atoms with E-state index < -0.39 is 0 Å². The topological polar surface area (TPSA) is 29.5 Å². The fourth-order valence-electron chi connectivity index (χ4n) is 0.630. The van der Waals surface area contributed by atoms with Crippen molar-refractivity contribution in [1.29, 1.82) is 0 Å². The fourth-order valence-corrected chi connectivity index (χ4v) is 0.630. The van der Waals surface area contributed by atoms with Crippen molar-refractivity contribution in [2.24, 2.45) is 0 Å². The molecule has 3 heteroatoms. The smallest absolute Gasteiger partial charge is 0.160 e. The second-order valence-electron chi connectivity index (χ2n) is 1.67. The predicted molar refractivity (Wildman–Crippen MR) is 34.7 cm³/mol. The molecule has 0 aliphatic heterocycles. The van der Waals surface area contributed by atoms with Gasteiger partial charge in [-0.15, -0.1) is 0 Å². The Kier molecular flexibility index (Phi) is 3.92. The van der Waals surface area contributed by atoms with Gasteiger partial charge in [-0.2, -0.15) is 0 Å². The third-order valence-corrected chi connectivity index (χ3v) is 1.09. The number of rotatable bonds is 1. The summed E-state index contributed by atoms with van der Waals surface area (Å²) in [6.07, 6.45) is 0. The van der Waals surface area contributed by atoms with Gasteiger partial charge in [0.05, 0.1) is 7.11 Å². The number of methoxy groups -OCH3 is 1. The second kappa shape index (κ2) is 4.20. The van der Waals surface area contributed by atoms with Crippen molar-refractivity contribution >= 4 is 0 Å². The van der Waals surface area contributed by atoms with Gasteiger partial charge in [-0.3, -0.25) is 0 Å². The van der Waals surface area contributed by atoms with Crippen molar-refractivity contribution < 1.29 is 26.9 Å². The Morgan fingerprint density at radius 2 is 1.90 bits per heavy atom. The average molecular weight is 179 g/mol. The molecule has 0 aliphatic rings. The molecule has 0 aromatic heterocycles. The van der Waals surface area contributed by atoms with E-state index in [2.05, 4.69) is 0 Å². The van der Waals surface area contributed by atoms with Crippen LogP contribution >= 0.6 is 0 Å². The summed E-state index contributed by atoms with van der Waals surface area (Å²) in [6.45, 7) is 0. The third kappa shape index (κ3) is 1.94. The van der Waals surface area contributed by atoms with E-state index in [1.165, 1.54) is 7.11 Å². The Balaban J connectivity index is 0.000000810. The van der Waals surface area contributed by atoms with Crippen LogP contribution in [0.2, 0.25) is 0 Å². The number of para-hydroxylation sites is 2. The molecule has 0 bridgehead atoms. The Morgan fingerprint density at radius 3 is 2.30 bits per heavy atom. The molecule has 0 saturated heterocycles. The van der Waals surface area contributed by atoms with E-state index in [1.54, 1.807) is 24.3 Å². The molecule has 1 aromatic carbocycles. The van der Waals surface area contributed by atoms with Crippen LogP contribution in [0.1, 0.15) is 0 Å². The summed E-state index contributed by atoms with van der Waals surface area (Å²) >= 11 is 0. The van der Waals surface area contributed by atoms with Crippen LogP contribution in [0, 0.1) is 0 Å². The molecule has 1 N–H and O–H groups in total. The van der Waals surface area contributed by atoms with Gasteiger partial charge < -0.3 is 9.84 Å². The molecule has 2 nitrogen and oxygen atoms in total. The molecular weight excluding hydrogens is 171 g/mol. The van der Waals surface area contributed by atoms with Gasteiger partial charge in [0.25, 0.3) is 0 Å². The molecule has 55 valence electrons. The first-order chi connectivity index (χ1) is 4.34. The number of phenols is 1. The minimum absolute atomic E-state index is 0. The van der Waals surface area contributed by atoms with E-state index in [4.69, 9.17) is 9.84 Å². The van der Waals surface area contributed by atoms with Crippen molar-refractivity contribution in [3.8, 4) is 11.5 Å². The van der Waals surface area contributed by atoms with E-state index in [1.807, 2.05) is 0 Å². The van der Waals surface area contributed by atoms with Crippen molar-refractivity contribution in [3.05, 3.63) is 24.3 Å². The van der Waals surface area contributed by atoms with Crippen LogP contribution in [0.3, 0.4) is 0 Å². The Morgan fingerprint density at radius 1 is 1.30 bits per heavy atom. The maximum absolute atomic E-state index is 8.99. The van der Waals surface area contributed by atoms with Crippen LogP contribution in [0.4, 0.5) is 0 Å². The molecule has 0 unspecified atom stereocenters. The molecule has 0 amide bonds. The summed E-state index contributed by atoms with van der Waals surface area (Å²) in [5.41, 5.74) is 0. The van der Waals surface area contributed by atoms with Crippen molar-refractivity contribution in [1.82, 2.24) is 0 Å². The maximum atomic E-state index is 8.99. The largest absolute Gasteiger partial charge is 0.504 e. The molecule has 10 heavy (non-hydrogen) atoms. The zero-order valence-corrected chi connectivity index (χ0v) is 6.72. The standard InChI is InChI=1S/C7H8O2.Mn/c1-9-7-5-3-2-4-6(7)8;/h2-5,8H,1H3;. The minimum Gasteiger partial charge on any atom is -0.504 e. The summed E-state index contributed by atoms with van der Waals surface area (Å²) in [7, 11) is 1.52. The van der Waals surface area contributed by atoms with Gasteiger partial charge in [0.1, 0.15) is 0 Å². The monoisotopic (exact) mass is 179 g/mol. The van der Waals surface area contributed by atoms with E-state index in [-0.39, 0.29) is 22.8 Å². The number of hydrogen-bond acceptors (Lipinski definition) is 2. The Labute approximate surface area is 70.3 Å². The fraction of sp³-hybridized carbons (Fsp3) is 0.143. The van der Waals surface area contributed by atoms with Crippen LogP contribution in [0.5, 0.6) is 11.5 Å². The molecule has 0 atom stereocenters. The summed E-state index contributed by atoms with van der Waals surface area (Å²) in [5.74, 6) is 0.692. The normalized spacial score (nSPS) is 8.10. The first-order valence-corrected chi connectivity index (χ1v) is 2.66. The van der Waals surface area contributed by atoms with Gasteiger partial charge in [0, 0.05) is 17.1 Å². The average Bonchev–Trinajstić information content (AvgIpc) is 1.89. The summed E-state index contributed by atoms with van der Waals surface area (Å²) < 4.78 is 4.79. The summed E-state index contributed by atoms with van der Waals surface area (Å²) in [6, 6.07) is 6.84. The predicted octanol–water partition coefficient (Wildman–Crippen LogP) is 1.40. The van der Waals surface area contributed by atoms with E-state index in [0.717, 1.165) is 0 Å². The van der Waals surface area contributed by atoms with Crippen molar-refractivity contribution in [3.63, 3.8) is 0 Å². The van der Waals surface area contributed by atoms with E-state index >= 15 is 0 Å². The van der Waals surface area contributed by atoms with E-state index in [9.17, 15) is 0 Å². The molecule has 1 rings (SSSR count). The van der Waals surface area contributed by atoms with Gasteiger partial charge in [-0.25, -0.2) is 0 Å². The van der Waals surface area contributed by atoms with Crippen LogP contribution in [-0.4, -0.2) is 12.2 Å². The number of ether oxygens (including phenoxy) is 1. The first kappa shape index (κ1) is 9.34. The Hall–Kier alpha value is -0.661. The number of benzene rings is 1. The van der Waals surface area contributed by atoms with Crippen LogP contribution in [0.25, 0.3) is 0 Å². The second-order valence-corrected chi connectivity index (χ2v) is 1.67. The molecule has 0 fully saturated rings. The van der Waals surface area contributed by atoms with Crippen LogP contribution in [0.15, 0.2) is 24.3 Å². The first-order valence-electron chi connectivity index (χ1n) is 2.66. The molecule has 1 aromatic rings. The van der Waals surface area contributed by atoms with Gasteiger partial charge in [0.15, 0.2) is 11.5 Å². The zero-order valence-electron chi connectivity index (χ0n) is 5.54. The molecule has 0 aliphatic carbocycles. The van der Waals surface area contributed by atoms with Gasteiger partial charge >= 0.3 is 0 Å². The molecular formula is C7H8MnO2. The third-order valence-electron chi connectivity index (χ3n) is 1.09. The molecule has 1 radical (unpaired) electrons. The van der Waals surface area contributed by atoms with Crippen LogP contribution in [-0.2, 0) is 17.1 Å². The zero-order chi connectivity index (χ0) is 6.69. The molecule has 0 saturated carbocycles. The SMILES string of the molecule is COc1ccccc1O.[Mn].